The molecule has 1 heterocycles. The maximum Gasteiger partial charge on any atom is 0.319 e. The summed E-state index contributed by atoms with van der Waals surface area (Å²) in [5.41, 5.74) is 1.08. The van der Waals surface area contributed by atoms with Gasteiger partial charge in [0.2, 0.25) is 0 Å². The molecule has 0 saturated carbocycles. The number of hydrogen-bond donors (Lipinski definition) is 2. The van der Waals surface area contributed by atoms with Gasteiger partial charge >= 0.3 is 6.55 Å². The molecule has 1 unspecified atom stereocenters. The fraction of sp³-hybridized carbons (Fsp3) is 0.357. The molecule has 0 amide bonds. The summed E-state index contributed by atoms with van der Waals surface area (Å²) in [6.07, 6.45) is 3.22. The number of aliphatic hydroxyl groups excluding tert-OH is 1. The van der Waals surface area contributed by atoms with Crippen molar-refractivity contribution in [2.24, 2.45) is 0 Å². The molecule has 0 saturated heterocycles. The van der Waals surface area contributed by atoms with E-state index in [0.717, 1.165) is 10.1 Å². The number of aromatic nitrogens is 2. The standard InChI is InChI=1S/C14H17F2N3O/c15-14(16)19-7-6-17-13(19)9-18-12(10-20)8-11-4-2-1-3-5-11/h1-7,12,14,18,20H,8-10H2. The first-order valence-corrected chi connectivity index (χ1v) is 6.38. The van der Waals surface area contributed by atoms with Gasteiger partial charge in [-0.25, -0.2) is 4.98 Å². The van der Waals surface area contributed by atoms with Crippen LogP contribution >= 0.6 is 0 Å². The Hall–Kier alpha value is -1.79. The Morgan fingerprint density at radius 1 is 1.25 bits per heavy atom. The molecule has 0 radical (unpaired) electrons. The quantitative estimate of drug-likeness (QED) is 0.816. The molecule has 1 aromatic carbocycles. The van der Waals surface area contributed by atoms with E-state index in [4.69, 9.17) is 0 Å². The molecular weight excluding hydrogens is 264 g/mol. The van der Waals surface area contributed by atoms with E-state index >= 15 is 0 Å². The molecule has 0 aliphatic carbocycles. The van der Waals surface area contributed by atoms with Crippen molar-refractivity contribution >= 4 is 0 Å². The van der Waals surface area contributed by atoms with Crippen molar-refractivity contribution in [3.8, 4) is 0 Å². The molecule has 4 nitrogen and oxygen atoms in total. The van der Waals surface area contributed by atoms with Crippen LogP contribution in [0.4, 0.5) is 8.78 Å². The summed E-state index contributed by atoms with van der Waals surface area (Å²) in [6.45, 7) is -2.48. The van der Waals surface area contributed by atoms with E-state index in [-0.39, 0.29) is 25.0 Å². The van der Waals surface area contributed by atoms with Crippen LogP contribution in [-0.2, 0) is 13.0 Å². The minimum Gasteiger partial charge on any atom is -0.395 e. The highest BCUT2D eigenvalue weighted by Gasteiger charge is 2.13. The number of benzene rings is 1. The first-order valence-electron chi connectivity index (χ1n) is 6.38. The van der Waals surface area contributed by atoms with Gasteiger partial charge in [0.1, 0.15) is 5.82 Å². The molecule has 1 aromatic heterocycles. The molecule has 0 bridgehead atoms. The highest BCUT2D eigenvalue weighted by molar-refractivity contribution is 5.15. The predicted molar refractivity (Wildman–Crippen MR) is 71.3 cm³/mol. The number of hydrogen-bond acceptors (Lipinski definition) is 3. The van der Waals surface area contributed by atoms with Gasteiger partial charge in [0, 0.05) is 18.4 Å². The fourth-order valence-electron chi connectivity index (χ4n) is 1.99. The van der Waals surface area contributed by atoms with Gasteiger partial charge in [-0.3, -0.25) is 4.57 Å². The summed E-state index contributed by atoms with van der Waals surface area (Å²) in [5.74, 6) is 0.256. The van der Waals surface area contributed by atoms with Crippen molar-refractivity contribution < 1.29 is 13.9 Å². The zero-order chi connectivity index (χ0) is 14.4. The van der Waals surface area contributed by atoms with E-state index in [0.29, 0.717) is 6.42 Å². The lowest BCUT2D eigenvalue weighted by molar-refractivity contribution is 0.0663. The zero-order valence-electron chi connectivity index (χ0n) is 10.9. The second kappa shape index (κ2) is 7.12. The molecule has 2 N–H and O–H groups in total. The largest absolute Gasteiger partial charge is 0.395 e. The molecular formula is C14H17F2N3O. The van der Waals surface area contributed by atoms with Gasteiger partial charge in [-0.1, -0.05) is 30.3 Å². The molecule has 2 aromatic rings. The molecule has 108 valence electrons. The molecule has 2 rings (SSSR count). The number of nitrogens with zero attached hydrogens (tertiary/aromatic N) is 2. The lowest BCUT2D eigenvalue weighted by Crippen LogP contribution is -2.34. The normalized spacial score (nSPS) is 12.8. The highest BCUT2D eigenvalue weighted by Crippen LogP contribution is 2.12. The predicted octanol–water partition coefficient (Wildman–Crippen LogP) is 1.97. The Morgan fingerprint density at radius 2 is 2.00 bits per heavy atom. The van der Waals surface area contributed by atoms with Gasteiger partial charge in [-0.2, -0.15) is 8.78 Å². The maximum absolute atomic E-state index is 12.7. The number of imidazole rings is 1. The Balaban J connectivity index is 1.92. The van der Waals surface area contributed by atoms with Crippen LogP contribution in [0.5, 0.6) is 0 Å². The van der Waals surface area contributed by atoms with Gasteiger partial charge in [0.05, 0.1) is 13.2 Å². The SMILES string of the molecule is OCC(Cc1ccccc1)NCc1nccn1C(F)F. The second-order valence-corrected chi connectivity index (χ2v) is 4.48. The van der Waals surface area contributed by atoms with Crippen LogP contribution < -0.4 is 5.32 Å². The van der Waals surface area contributed by atoms with E-state index in [2.05, 4.69) is 10.3 Å². The maximum atomic E-state index is 12.7. The Labute approximate surface area is 116 Å². The van der Waals surface area contributed by atoms with Crippen molar-refractivity contribution in [3.63, 3.8) is 0 Å². The number of alkyl halides is 2. The van der Waals surface area contributed by atoms with Gasteiger partial charge in [-0.15, -0.1) is 0 Å². The average molecular weight is 281 g/mol. The number of nitrogens with one attached hydrogen (secondary N) is 1. The van der Waals surface area contributed by atoms with Crippen molar-refractivity contribution in [1.82, 2.24) is 14.9 Å². The van der Waals surface area contributed by atoms with E-state index in [1.54, 1.807) is 0 Å². The summed E-state index contributed by atoms with van der Waals surface area (Å²) >= 11 is 0. The summed E-state index contributed by atoms with van der Waals surface area (Å²) in [7, 11) is 0. The first kappa shape index (κ1) is 14.6. The molecule has 20 heavy (non-hydrogen) atoms. The number of rotatable bonds is 7. The third-order valence-electron chi connectivity index (χ3n) is 3.05. The van der Waals surface area contributed by atoms with Crippen LogP contribution in [0.2, 0.25) is 0 Å². The third-order valence-corrected chi connectivity index (χ3v) is 3.05. The van der Waals surface area contributed by atoms with Crippen molar-refractivity contribution in [2.45, 2.75) is 25.6 Å². The zero-order valence-corrected chi connectivity index (χ0v) is 10.9. The van der Waals surface area contributed by atoms with E-state index in [9.17, 15) is 13.9 Å². The highest BCUT2D eigenvalue weighted by atomic mass is 19.3. The lowest BCUT2D eigenvalue weighted by atomic mass is 10.1. The van der Waals surface area contributed by atoms with E-state index in [1.165, 1.54) is 12.4 Å². The molecule has 0 fully saturated rings. The van der Waals surface area contributed by atoms with Crippen LogP contribution in [-0.4, -0.2) is 27.3 Å². The fourth-order valence-corrected chi connectivity index (χ4v) is 1.99. The smallest absolute Gasteiger partial charge is 0.319 e. The molecule has 0 spiro atoms. The van der Waals surface area contributed by atoms with Crippen LogP contribution in [0.1, 0.15) is 17.9 Å². The van der Waals surface area contributed by atoms with E-state index in [1.807, 2.05) is 30.3 Å². The molecule has 0 aliphatic rings. The van der Waals surface area contributed by atoms with Crippen LogP contribution in [0.25, 0.3) is 0 Å². The Kier molecular flexibility index (Phi) is 5.20. The summed E-state index contributed by atoms with van der Waals surface area (Å²) in [4.78, 5) is 3.89. The van der Waals surface area contributed by atoms with Crippen LogP contribution in [0.3, 0.4) is 0 Å². The van der Waals surface area contributed by atoms with Gasteiger partial charge in [0.15, 0.2) is 0 Å². The summed E-state index contributed by atoms with van der Waals surface area (Å²) in [6, 6.07) is 9.50. The van der Waals surface area contributed by atoms with Crippen molar-refractivity contribution in [2.75, 3.05) is 6.61 Å². The van der Waals surface area contributed by atoms with Gasteiger partial charge in [-0.05, 0) is 12.0 Å². The minimum absolute atomic E-state index is 0.0652. The van der Waals surface area contributed by atoms with Gasteiger partial charge in [0.25, 0.3) is 0 Å². The number of halogens is 2. The van der Waals surface area contributed by atoms with Crippen LogP contribution in [0.15, 0.2) is 42.7 Å². The first-order chi connectivity index (χ1) is 9.70. The summed E-state index contributed by atoms with van der Waals surface area (Å²) in [5, 5.41) is 12.4. The lowest BCUT2D eigenvalue weighted by Gasteiger charge is -2.16. The van der Waals surface area contributed by atoms with Crippen molar-refractivity contribution in [3.05, 3.63) is 54.1 Å². The molecule has 1 atom stereocenters. The topological polar surface area (TPSA) is 50.1 Å². The number of aliphatic hydroxyl groups is 1. The molecule has 0 aliphatic heterocycles. The minimum atomic E-state index is -2.60. The average Bonchev–Trinajstić information content (AvgIpc) is 2.93. The Bertz CT molecular complexity index is 516. The third kappa shape index (κ3) is 3.85. The monoisotopic (exact) mass is 281 g/mol. The molecule has 6 heteroatoms. The van der Waals surface area contributed by atoms with E-state index < -0.39 is 6.55 Å². The van der Waals surface area contributed by atoms with Crippen molar-refractivity contribution in [1.29, 1.82) is 0 Å². The summed E-state index contributed by atoms with van der Waals surface area (Å²) < 4.78 is 26.1. The second-order valence-electron chi connectivity index (χ2n) is 4.48. The van der Waals surface area contributed by atoms with Gasteiger partial charge < -0.3 is 10.4 Å². The van der Waals surface area contributed by atoms with Crippen LogP contribution in [0, 0.1) is 0 Å². The Morgan fingerprint density at radius 3 is 2.65 bits per heavy atom.